The maximum Gasteiger partial charge on any atom is 0.410 e. The third-order valence-electron chi connectivity index (χ3n) is 4.65. The summed E-state index contributed by atoms with van der Waals surface area (Å²) in [6.45, 7) is 1.43. The minimum absolute atomic E-state index is 0.0706. The van der Waals surface area contributed by atoms with E-state index in [1.54, 1.807) is 0 Å². The number of rotatable bonds is 8. The molecule has 0 bridgehead atoms. The first-order valence-corrected chi connectivity index (χ1v) is 9.31. The van der Waals surface area contributed by atoms with E-state index in [9.17, 15) is 14.4 Å². The van der Waals surface area contributed by atoms with Crippen molar-refractivity contribution in [1.29, 1.82) is 0 Å². The highest BCUT2D eigenvalue weighted by Crippen LogP contribution is 2.22. The normalized spacial score (nSPS) is 19.5. The van der Waals surface area contributed by atoms with Crippen molar-refractivity contribution in [2.45, 2.75) is 32.1 Å². The largest absolute Gasteiger partial charge is 0.478 e. The summed E-state index contributed by atoms with van der Waals surface area (Å²) in [7, 11) is 2.57. The minimum Gasteiger partial charge on any atom is -0.478 e. The number of benzene rings is 1. The lowest BCUT2D eigenvalue weighted by Crippen LogP contribution is -2.44. The lowest BCUT2D eigenvalue weighted by molar-refractivity contribution is -0.142. The number of esters is 1. The van der Waals surface area contributed by atoms with Crippen LogP contribution in [0.3, 0.4) is 0 Å². The zero-order valence-electron chi connectivity index (χ0n) is 17.4. The molecule has 1 amide bonds. The maximum atomic E-state index is 12.6. The molecule has 168 valence electrons. The molecule has 0 aromatic heterocycles. The monoisotopic (exact) mass is 435 g/mol. The molecule has 0 unspecified atom stereocenters. The van der Waals surface area contributed by atoms with Gasteiger partial charge in [0.05, 0.1) is 31.4 Å². The van der Waals surface area contributed by atoms with Crippen LogP contribution in [-0.2, 0) is 35.2 Å². The third kappa shape index (κ3) is 6.19. The number of carboxylic acids is 1. The van der Waals surface area contributed by atoms with Gasteiger partial charge in [0.15, 0.2) is 5.84 Å². The second-order valence-electron chi connectivity index (χ2n) is 6.66. The van der Waals surface area contributed by atoms with Crippen LogP contribution in [0.25, 0.3) is 0 Å². The van der Waals surface area contributed by atoms with Crippen LogP contribution in [0.4, 0.5) is 4.79 Å². The van der Waals surface area contributed by atoms with Gasteiger partial charge in [0.1, 0.15) is 6.61 Å². The van der Waals surface area contributed by atoms with Gasteiger partial charge in [-0.15, -0.1) is 0 Å². The molecule has 2 rings (SSSR count). The summed E-state index contributed by atoms with van der Waals surface area (Å²) in [5, 5.41) is 12.8. The molecule has 1 aromatic carbocycles. The number of likely N-dealkylation sites (tertiary alicyclic amines) is 1. The second kappa shape index (κ2) is 11.0. The Labute approximate surface area is 179 Å². The van der Waals surface area contributed by atoms with Crippen molar-refractivity contribution in [1.82, 2.24) is 4.90 Å². The van der Waals surface area contributed by atoms with Crippen molar-refractivity contribution in [3.63, 3.8) is 0 Å². The Morgan fingerprint density at radius 2 is 1.90 bits per heavy atom. The van der Waals surface area contributed by atoms with Gasteiger partial charge in [0.25, 0.3) is 5.76 Å². The molecule has 1 fully saturated rings. The summed E-state index contributed by atoms with van der Waals surface area (Å²) in [4.78, 5) is 41.9. The van der Waals surface area contributed by atoms with Gasteiger partial charge in [-0.25, -0.2) is 14.4 Å². The SMILES string of the molecule is COC(=O)C(ON=C(N)[C@@H]1C[C@@H](OC)CN1C(=O)OCc1ccccc1)=C(C)C(=O)O. The van der Waals surface area contributed by atoms with Crippen LogP contribution in [0.1, 0.15) is 18.9 Å². The fourth-order valence-electron chi connectivity index (χ4n) is 2.86. The molecule has 1 saturated heterocycles. The lowest BCUT2D eigenvalue weighted by atomic mass is 10.2. The lowest BCUT2D eigenvalue weighted by Gasteiger charge is -2.23. The fourth-order valence-corrected chi connectivity index (χ4v) is 2.86. The van der Waals surface area contributed by atoms with Crippen molar-refractivity contribution in [2.24, 2.45) is 10.9 Å². The number of methoxy groups -OCH3 is 2. The highest BCUT2D eigenvalue weighted by atomic mass is 16.7. The van der Waals surface area contributed by atoms with Crippen molar-refractivity contribution in [3.8, 4) is 0 Å². The van der Waals surface area contributed by atoms with Crippen LogP contribution in [0.15, 0.2) is 46.8 Å². The number of aliphatic carboxylic acids is 1. The second-order valence-corrected chi connectivity index (χ2v) is 6.66. The van der Waals surface area contributed by atoms with Crippen LogP contribution in [0, 0.1) is 0 Å². The molecular formula is C20H25N3O8. The zero-order valence-corrected chi connectivity index (χ0v) is 17.4. The average molecular weight is 435 g/mol. The van der Waals surface area contributed by atoms with Gasteiger partial charge in [0.2, 0.25) is 0 Å². The van der Waals surface area contributed by atoms with E-state index in [-0.39, 0.29) is 25.1 Å². The van der Waals surface area contributed by atoms with Crippen molar-refractivity contribution in [2.75, 3.05) is 20.8 Å². The molecule has 2 atom stereocenters. The third-order valence-corrected chi connectivity index (χ3v) is 4.65. The molecule has 0 aliphatic carbocycles. The Morgan fingerprint density at radius 1 is 1.23 bits per heavy atom. The number of oxime groups is 1. The van der Waals surface area contributed by atoms with E-state index in [1.807, 2.05) is 30.3 Å². The van der Waals surface area contributed by atoms with Crippen LogP contribution in [-0.4, -0.2) is 66.8 Å². The fraction of sp³-hybridized carbons (Fsp3) is 0.400. The minimum atomic E-state index is -1.39. The molecule has 11 heteroatoms. The predicted molar refractivity (Wildman–Crippen MR) is 108 cm³/mol. The molecule has 1 aliphatic rings. The van der Waals surface area contributed by atoms with E-state index < -0.39 is 35.4 Å². The molecule has 1 aliphatic heterocycles. The number of nitrogens with two attached hydrogens (primary N) is 1. The Bertz CT molecular complexity index is 868. The molecule has 0 saturated carbocycles. The number of amides is 1. The summed E-state index contributed by atoms with van der Waals surface area (Å²) in [6, 6.07) is 8.42. The summed E-state index contributed by atoms with van der Waals surface area (Å²) >= 11 is 0. The first kappa shape index (κ1) is 23.7. The number of amidine groups is 1. The zero-order chi connectivity index (χ0) is 23.0. The number of ether oxygens (including phenoxy) is 3. The molecule has 1 aromatic rings. The molecule has 31 heavy (non-hydrogen) atoms. The van der Waals surface area contributed by atoms with Gasteiger partial charge >= 0.3 is 18.0 Å². The average Bonchev–Trinajstić information content (AvgIpc) is 3.22. The van der Waals surface area contributed by atoms with E-state index in [2.05, 4.69) is 9.89 Å². The number of hydrogen-bond acceptors (Lipinski definition) is 8. The van der Waals surface area contributed by atoms with Gasteiger partial charge < -0.3 is 29.9 Å². The van der Waals surface area contributed by atoms with E-state index >= 15 is 0 Å². The highest BCUT2D eigenvalue weighted by molar-refractivity contribution is 5.98. The van der Waals surface area contributed by atoms with Crippen molar-refractivity contribution < 1.29 is 38.5 Å². The van der Waals surface area contributed by atoms with Gasteiger partial charge in [0, 0.05) is 13.5 Å². The highest BCUT2D eigenvalue weighted by Gasteiger charge is 2.39. The maximum absolute atomic E-state index is 12.6. The molecule has 3 N–H and O–H groups in total. The van der Waals surface area contributed by atoms with E-state index in [0.717, 1.165) is 19.6 Å². The Morgan fingerprint density at radius 3 is 2.48 bits per heavy atom. The summed E-state index contributed by atoms with van der Waals surface area (Å²) < 4.78 is 15.2. The molecule has 1 heterocycles. The number of carbonyl (C=O) groups is 3. The van der Waals surface area contributed by atoms with E-state index in [4.69, 9.17) is 25.2 Å². The topological polar surface area (TPSA) is 150 Å². The smallest absolute Gasteiger partial charge is 0.410 e. The molecular weight excluding hydrogens is 410 g/mol. The Balaban J connectivity index is 2.16. The van der Waals surface area contributed by atoms with Crippen molar-refractivity contribution in [3.05, 3.63) is 47.2 Å². The van der Waals surface area contributed by atoms with Gasteiger partial charge in [-0.2, -0.15) is 0 Å². The van der Waals surface area contributed by atoms with Crippen LogP contribution >= 0.6 is 0 Å². The van der Waals surface area contributed by atoms with Gasteiger partial charge in [-0.05, 0) is 12.5 Å². The van der Waals surface area contributed by atoms with Crippen LogP contribution < -0.4 is 5.73 Å². The Hall–Kier alpha value is -3.60. The first-order valence-electron chi connectivity index (χ1n) is 9.31. The summed E-state index contributed by atoms with van der Waals surface area (Å²) in [5.74, 6) is -3.20. The molecule has 11 nitrogen and oxygen atoms in total. The summed E-state index contributed by atoms with van der Waals surface area (Å²) in [5.41, 5.74) is 6.40. The quantitative estimate of drug-likeness (QED) is 0.153. The van der Waals surface area contributed by atoms with Crippen molar-refractivity contribution >= 4 is 23.9 Å². The number of carbonyl (C=O) groups excluding carboxylic acids is 2. The van der Waals surface area contributed by atoms with Crippen LogP contribution in [0.2, 0.25) is 0 Å². The standard InChI is InChI=1S/C20H25N3O8/c1-12(18(24)25)16(19(26)29-3)31-22-17(21)15-9-14(28-2)10-23(15)20(27)30-11-13-7-5-4-6-8-13/h4-8,14-15H,9-11H2,1-3H3,(H2,21,22)(H,24,25)/t14-,15+/m1/s1. The van der Waals surface area contributed by atoms with E-state index in [1.165, 1.54) is 12.0 Å². The predicted octanol–water partition coefficient (Wildman–Crippen LogP) is 1.23. The molecule has 0 radical (unpaired) electrons. The number of carboxylic acid groups (broad SMARTS) is 1. The van der Waals surface area contributed by atoms with Gasteiger partial charge in [-0.1, -0.05) is 35.5 Å². The Kier molecular flexibility index (Phi) is 8.38. The number of nitrogens with zero attached hydrogens (tertiary/aromatic N) is 2. The number of hydrogen-bond donors (Lipinski definition) is 2. The van der Waals surface area contributed by atoms with Crippen LogP contribution in [0.5, 0.6) is 0 Å². The van der Waals surface area contributed by atoms with E-state index in [0.29, 0.717) is 6.42 Å². The molecule has 0 spiro atoms. The first-order chi connectivity index (χ1) is 14.8. The summed E-state index contributed by atoms with van der Waals surface area (Å²) in [6.07, 6.45) is -0.637. The van der Waals surface area contributed by atoms with Gasteiger partial charge in [-0.3, -0.25) is 4.90 Å².